The predicted molar refractivity (Wildman–Crippen MR) is 115 cm³/mol. The van der Waals surface area contributed by atoms with Gasteiger partial charge in [-0.1, -0.05) is 29.3 Å². The van der Waals surface area contributed by atoms with Crippen LogP contribution in [-0.2, 0) is 16.1 Å². The minimum Gasteiger partial charge on any atom is -0.337 e. The average molecular weight is 532 g/mol. The van der Waals surface area contributed by atoms with Gasteiger partial charge in [-0.2, -0.15) is 13.2 Å². The average Bonchev–Trinajstić information content (AvgIpc) is 3.09. The van der Waals surface area contributed by atoms with Crippen LogP contribution in [0.1, 0.15) is 50.7 Å². The summed E-state index contributed by atoms with van der Waals surface area (Å²) in [6.07, 6.45) is -4.95. The van der Waals surface area contributed by atoms with Crippen LogP contribution in [0, 0.1) is 5.82 Å². The highest BCUT2D eigenvalue weighted by Gasteiger charge is 2.44. The molecule has 1 saturated heterocycles. The van der Waals surface area contributed by atoms with E-state index >= 15 is 4.39 Å². The molecular weight excluding hydrogens is 517 g/mol. The number of fused-ring (bicyclic) bond motifs is 1. The fourth-order valence-electron chi connectivity index (χ4n) is 4.06. The Morgan fingerprint density at radius 2 is 1.86 bits per heavy atom. The number of alkyl halides is 3. The summed E-state index contributed by atoms with van der Waals surface area (Å²) in [5.41, 5.74) is -1.57. The normalized spacial score (nSPS) is 18.9. The van der Waals surface area contributed by atoms with Crippen LogP contribution in [0.4, 0.5) is 17.6 Å². The number of benzene rings is 2. The van der Waals surface area contributed by atoms with E-state index < -0.39 is 58.8 Å². The lowest BCUT2D eigenvalue weighted by Gasteiger charge is -2.29. The second-order valence-electron chi connectivity index (χ2n) is 7.97. The van der Waals surface area contributed by atoms with Gasteiger partial charge in [0.2, 0.25) is 11.8 Å². The second kappa shape index (κ2) is 9.12. The van der Waals surface area contributed by atoms with Gasteiger partial charge in [-0.3, -0.25) is 24.5 Å². The summed E-state index contributed by atoms with van der Waals surface area (Å²) < 4.78 is 56.5. The smallest absolute Gasteiger partial charge is 0.337 e. The summed E-state index contributed by atoms with van der Waals surface area (Å²) in [7, 11) is 0. The molecule has 0 saturated carbocycles. The molecule has 0 aromatic heterocycles. The van der Waals surface area contributed by atoms with Crippen LogP contribution in [0.5, 0.6) is 0 Å². The van der Waals surface area contributed by atoms with Crippen LogP contribution in [-0.4, -0.2) is 40.7 Å². The van der Waals surface area contributed by atoms with Crippen LogP contribution in [0.2, 0.25) is 10.0 Å². The maximum absolute atomic E-state index is 15.3. The zero-order valence-corrected chi connectivity index (χ0v) is 19.0. The van der Waals surface area contributed by atoms with Gasteiger partial charge in [0.15, 0.2) is 6.04 Å². The van der Waals surface area contributed by atoms with E-state index in [1.165, 1.54) is 6.07 Å². The van der Waals surface area contributed by atoms with Crippen LogP contribution in [0.15, 0.2) is 30.3 Å². The standard InChI is InChI=1S/C22H15Cl2F4N3O4/c23-9-1-2-11(14(24)7-9)18(22(26,27)28)30-19(33)12-4-3-10-13(17(12)25)8-31(21(10)35)15-5-6-16(32)29-20(15)34/h1-4,7,15,18H,5-6,8H2,(H,30,33)(H,29,32,34)/t15?,18-/m1/s1. The van der Waals surface area contributed by atoms with Gasteiger partial charge in [-0.15, -0.1) is 0 Å². The first kappa shape index (κ1) is 24.9. The number of piperidine rings is 1. The Hall–Kier alpha value is -3.18. The van der Waals surface area contributed by atoms with Crippen molar-refractivity contribution in [1.82, 2.24) is 15.5 Å². The van der Waals surface area contributed by atoms with Gasteiger partial charge in [0.1, 0.15) is 11.9 Å². The third-order valence-corrected chi connectivity index (χ3v) is 6.33. The van der Waals surface area contributed by atoms with Crippen molar-refractivity contribution in [2.75, 3.05) is 0 Å². The van der Waals surface area contributed by atoms with E-state index in [4.69, 9.17) is 23.2 Å². The summed E-state index contributed by atoms with van der Waals surface area (Å²) in [5, 5.41) is 3.59. The van der Waals surface area contributed by atoms with Crippen LogP contribution in [0.3, 0.4) is 0 Å². The molecule has 1 unspecified atom stereocenters. The van der Waals surface area contributed by atoms with Crippen LogP contribution >= 0.6 is 23.2 Å². The molecule has 1 fully saturated rings. The lowest BCUT2D eigenvalue weighted by molar-refractivity contribution is -0.155. The number of carbonyl (C=O) groups is 4. The third kappa shape index (κ3) is 4.70. The molecule has 4 rings (SSSR count). The summed E-state index contributed by atoms with van der Waals surface area (Å²) in [6.45, 7) is -0.390. The number of rotatable bonds is 4. The summed E-state index contributed by atoms with van der Waals surface area (Å²) in [4.78, 5) is 50.0. The van der Waals surface area contributed by atoms with Gasteiger partial charge in [0.05, 0.1) is 12.1 Å². The van der Waals surface area contributed by atoms with E-state index in [1.807, 2.05) is 0 Å². The van der Waals surface area contributed by atoms with Gasteiger partial charge in [0.25, 0.3) is 11.8 Å². The Balaban J connectivity index is 1.61. The van der Waals surface area contributed by atoms with E-state index in [1.54, 1.807) is 5.32 Å². The molecule has 2 aliphatic rings. The van der Waals surface area contributed by atoms with Gasteiger partial charge < -0.3 is 10.2 Å². The lowest BCUT2D eigenvalue weighted by atomic mass is 10.0. The number of hydrogen-bond acceptors (Lipinski definition) is 4. The number of amides is 4. The third-order valence-electron chi connectivity index (χ3n) is 5.77. The predicted octanol–water partition coefficient (Wildman–Crippen LogP) is 3.93. The Labute approximate surface area is 205 Å². The lowest BCUT2D eigenvalue weighted by Crippen LogP contribution is -2.52. The first-order valence-electron chi connectivity index (χ1n) is 10.2. The molecule has 2 aromatic rings. The van der Waals surface area contributed by atoms with Crippen molar-refractivity contribution >= 4 is 46.8 Å². The van der Waals surface area contributed by atoms with Gasteiger partial charge in [0, 0.05) is 33.2 Å². The number of imide groups is 1. The molecule has 2 aliphatic heterocycles. The topological polar surface area (TPSA) is 95.6 Å². The quantitative estimate of drug-likeness (QED) is 0.461. The Bertz CT molecular complexity index is 1270. The first-order chi connectivity index (χ1) is 16.4. The Morgan fingerprint density at radius 3 is 2.49 bits per heavy atom. The zero-order valence-electron chi connectivity index (χ0n) is 17.5. The molecule has 7 nitrogen and oxygen atoms in total. The molecule has 2 N–H and O–H groups in total. The van der Waals surface area contributed by atoms with Crippen molar-refractivity contribution in [2.45, 2.75) is 37.6 Å². The highest BCUT2D eigenvalue weighted by Crippen LogP contribution is 2.38. The maximum Gasteiger partial charge on any atom is 0.412 e. The SMILES string of the molecule is O=C1CCC(N2Cc3c(ccc(C(=O)N[C@H](c4ccc(Cl)cc4Cl)C(F)(F)F)c3F)C2=O)C(=O)N1. The molecule has 35 heavy (non-hydrogen) atoms. The van der Waals surface area contributed by atoms with Crippen LogP contribution < -0.4 is 10.6 Å². The molecule has 2 atom stereocenters. The molecular formula is C22H15Cl2F4N3O4. The fourth-order valence-corrected chi connectivity index (χ4v) is 4.58. The first-order valence-corrected chi connectivity index (χ1v) is 10.9. The molecule has 2 aromatic carbocycles. The van der Waals surface area contributed by atoms with Gasteiger partial charge >= 0.3 is 6.18 Å². The van der Waals surface area contributed by atoms with Crippen molar-refractivity contribution in [3.63, 3.8) is 0 Å². The summed E-state index contributed by atoms with van der Waals surface area (Å²) >= 11 is 11.6. The van der Waals surface area contributed by atoms with Gasteiger partial charge in [-0.05, 0) is 30.7 Å². The number of nitrogens with one attached hydrogen (secondary N) is 2. The number of nitrogens with zero attached hydrogens (tertiary/aromatic N) is 1. The highest BCUT2D eigenvalue weighted by molar-refractivity contribution is 6.35. The van der Waals surface area contributed by atoms with Crippen LogP contribution in [0.25, 0.3) is 0 Å². The minimum atomic E-state index is -4.97. The molecule has 184 valence electrons. The second-order valence-corrected chi connectivity index (χ2v) is 8.81. The molecule has 0 bridgehead atoms. The van der Waals surface area contributed by atoms with E-state index in [9.17, 15) is 32.3 Å². The van der Waals surface area contributed by atoms with Gasteiger partial charge in [-0.25, -0.2) is 4.39 Å². The molecule has 4 amide bonds. The van der Waals surface area contributed by atoms with Crippen molar-refractivity contribution < 1.29 is 36.7 Å². The number of carbonyl (C=O) groups excluding carboxylic acids is 4. The van der Waals surface area contributed by atoms with Crippen molar-refractivity contribution in [3.05, 3.63) is 68.4 Å². The van der Waals surface area contributed by atoms with E-state index in [0.29, 0.717) is 0 Å². The Morgan fingerprint density at radius 1 is 1.14 bits per heavy atom. The molecule has 0 aliphatic carbocycles. The van der Waals surface area contributed by atoms with Crippen molar-refractivity contribution in [2.24, 2.45) is 0 Å². The molecule has 0 spiro atoms. The zero-order chi connectivity index (χ0) is 25.7. The van der Waals surface area contributed by atoms with Crippen molar-refractivity contribution in [3.8, 4) is 0 Å². The summed E-state index contributed by atoms with van der Waals surface area (Å²) in [6, 6.07) is 1.66. The molecule has 0 radical (unpaired) electrons. The minimum absolute atomic E-state index is 0.0151. The van der Waals surface area contributed by atoms with E-state index in [0.717, 1.165) is 29.2 Å². The number of hydrogen-bond donors (Lipinski definition) is 2. The van der Waals surface area contributed by atoms with E-state index in [2.05, 4.69) is 5.32 Å². The van der Waals surface area contributed by atoms with E-state index in [-0.39, 0.29) is 40.6 Å². The highest BCUT2D eigenvalue weighted by atomic mass is 35.5. The maximum atomic E-state index is 15.3. The largest absolute Gasteiger partial charge is 0.412 e. The number of halogens is 6. The molecule has 2 heterocycles. The van der Waals surface area contributed by atoms with Crippen molar-refractivity contribution in [1.29, 1.82) is 0 Å². The Kier molecular flexibility index (Phi) is 6.50. The summed E-state index contributed by atoms with van der Waals surface area (Å²) in [5.74, 6) is -4.48. The fraction of sp³-hybridized carbons (Fsp3) is 0.273. The molecule has 13 heteroatoms. The monoisotopic (exact) mass is 531 g/mol.